The third-order valence-corrected chi connectivity index (χ3v) is 2.21. The predicted octanol–water partition coefficient (Wildman–Crippen LogP) is 3.58. The van der Waals surface area contributed by atoms with E-state index in [1.54, 1.807) is 12.1 Å². The molecule has 0 radical (unpaired) electrons. The highest BCUT2D eigenvalue weighted by Gasteiger charge is 1.99. The van der Waals surface area contributed by atoms with Crippen LogP contribution in [0.2, 0.25) is 0 Å². The van der Waals surface area contributed by atoms with E-state index in [2.05, 4.69) is 16.4 Å². The van der Waals surface area contributed by atoms with Crippen molar-refractivity contribution in [1.82, 2.24) is 4.98 Å². The molecule has 1 N–H and O–H groups in total. The highest BCUT2D eigenvalue weighted by molar-refractivity contribution is 5.58. The monoisotopic (exact) mass is 216 g/mol. The van der Waals surface area contributed by atoms with Gasteiger partial charge in [0.05, 0.1) is 0 Å². The number of rotatable bonds is 2. The van der Waals surface area contributed by atoms with Crippen molar-refractivity contribution in [3.8, 4) is 0 Å². The maximum Gasteiger partial charge on any atom is 0.214 e. The molecule has 2 rings (SSSR count). The summed E-state index contributed by atoms with van der Waals surface area (Å²) in [6, 6.07) is 10.8. The van der Waals surface area contributed by atoms with Gasteiger partial charge >= 0.3 is 0 Å². The van der Waals surface area contributed by atoms with Crippen molar-refractivity contribution in [2.75, 3.05) is 5.32 Å². The summed E-state index contributed by atoms with van der Waals surface area (Å²) in [5.41, 5.74) is 3.26. The lowest BCUT2D eigenvalue weighted by molar-refractivity contribution is 0.585. The van der Waals surface area contributed by atoms with Gasteiger partial charge in [0, 0.05) is 5.69 Å². The first kappa shape index (κ1) is 10.6. The molecule has 0 aliphatic rings. The van der Waals surface area contributed by atoms with Crippen LogP contribution >= 0.6 is 0 Å². The number of aromatic nitrogens is 1. The smallest absolute Gasteiger partial charge is 0.214 e. The van der Waals surface area contributed by atoms with Crippen LogP contribution in [-0.4, -0.2) is 4.98 Å². The third-order valence-electron chi connectivity index (χ3n) is 2.21. The van der Waals surface area contributed by atoms with Gasteiger partial charge in [-0.25, -0.2) is 4.98 Å². The standard InChI is InChI=1S/C13H13FN2/c1-9-6-10(2)8-11(7-9)15-13-5-3-4-12(14)16-13/h3-8H,1-2H3,(H,15,16). The summed E-state index contributed by atoms with van der Waals surface area (Å²) in [5, 5.41) is 3.08. The van der Waals surface area contributed by atoms with Crippen molar-refractivity contribution in [1.29, 1.82) is 0 Å². The van der Waals surface area contributed by atoms with E-state index < -0.39 is 5.95 Å². The van der Waals surface area contributed by atoms with E-state index in [-0.39, 0.29) is 0 Å². The summed E-state index contributed by atoms with van der Waals surface area (Å²) >= 11 is 0. The Hall–Kier alpha value is -1.90. The molecule has 0 aliphatic heterocycles. The van der Waals surface area contributed by atoms with Crippen molar-refractivity contribution >= 4 is 11.5 Å². The highest BCUT2D eigenvalue weighted by Crippen LogP contribution is 2.18. The molecule has 0 spiro atoms. The Morgan fingerprint density at radius 3 is 2.38 bits per heavy atom. The van der Waals surface area contributed by atoms with E-state index in [1.165, 1.54) is 17.2 Å². The molecule has 1 aromatic heterocycles. The molecule has 2 aromatic rings. The molecule has 0 fully saturated rings. The molecule has 0 atom stereocenters. The Morgan fingerprint density at radius 1 is 1.06 bits per heavy atom. The molecule has 82 valence electrons. The highest BCUT2D eigenvalue weighted by atomic mass is 19.1. The lowest BCUT2D eigenvalue weighted by Crippen LogP contribution is -1.95. The minimum atomic E-state index is -0.477. The zero-order valence-electron chi connectivity index (χ0n) is 9.29. The second-order valence-electron chi connectivity index (χ2n) is 3.85. The molecular formula is C13H13FN2. The summed E-state index contributed by atoms with van der Waals surface area (Å²) in [6.45, 7) is 4.05. The van der Waals surface area contributed by atoms with Gasteiger partial charge in [0.2, 0.25) is 5.95 Å². The fraction of sp³-hybridized carbons (Fsp3) is 0.154. The number of aryl methyl sites for hydroxylation is 2. The van der Waals surface area contributed by atoms with Gasteiger partial charge in [0.25, 0.3) is 0 Å². The average Bonchev–Trinajstić information content (AvgIpc) is 2.15. The molecule has 0 bridgehead atoms. The van der Waals surface area contributed by atoms with Crippen LogP contribution in [0.1, 0.15) is 11.1 Å². The zero-order valence-corrected chi connectivity index (χ0v) is 9.29. The van der Waals surface area contributed by atoms with Crippen LogP contribution < -0.4 is 5.32 Å². The number of hydrogen-bond acceptors (Lipinski definition) is 2. The summed E-state index contributed by atoms with van der Waals surface area (Å²) in [6.07, 6.45) is 0. The van der Waals surface area contributed by atoms with Crippen LogP contribution in [0.5, 0.6) is 0 Å². The Balaban J connectivity index is 2.27. The van der Waals surface area contributed by atoms with E-state index in [4.69, 9.17) is 0 Å². The molecule has 1 heterocycles. The largest absolute Gasteiger partial charge is 0.340 e. The summed E-state index contributed by atoms with van der Waals surface area (Å²) in [4.78, 5) is 3.75. The average molecular weight is 216 g/mol. The minimum absolute atomic E-state index is 0.477. The fourth-order valence-electron chi connectivity index (χ4n) is 1.67. The summed E-state index contributed by atoms with van der Waals surface area (Å²) in [7, 11) is 0. The Kier molecular flexibility index (Phi) is 2.86. The first-order chi connectivity index (χ1) is 7.63. The normalized spacial score (nSPS) is 10.2. The van der Waals surface area contributed by atoms with Crippen LogP contribution in [0.3, 0.4) is 0 Å². The van der Waals surface area contributed by atoms with Gasteiger partial charge in [-0.05, 0) is 49.2 Å². The maximum absolute atomic E-state index is 12.9. The molecule has 0 amide bonds. The first-order valence-electron chi connectivity index (χ1n) is 5.11. The molecular weight excluding hydrogens is 203 g/mol. The lowest BCUT2D eigenvalue weighted by Gasteiger charge is -2.07. The van der Waals surface area contributed by atoms with Gasteiger partial charge in [0.1, 0.15) is 5.82 Å². The minimum Gasteiger partial charge on any atom is -0.340 e. The Morgan fingerprint density at radius 2 is 1.75 bits per heavy atom. The van der Waals surface area contributed by atoms with Crippen molar-refractivity contribution in [2.45, 2.75) is 13.8 Å². The molecule has 1 aromatic carbocycles. The van der Waals surface area contributed by atoms with Crippen LogP contribution in [0, 0.1) is 19.8 Å². The number of halogens is 1. The zero-order chi connectivity index (χ0) is 11.5. The van der Waals surface area contributed by atoms with Crippen molar-refractivity contribution in [3.63, 3.8) is 0 Å². The first-order valence-corrected chi connectivity index (χ1v) is 5.11. The van der Waals surface area contributed by atoms with Gasteiger partial charge in [-0.3, -0.25) is 0 Å². The van der Waals surface area contributed by atoms with E-state index in [9.17, 15) is 4.39 Å². The summed E-state index contributed by atoms with van der Waals surface area (Å²) in [5.74, 6) is 0.0411. The summed E-state index contributed by atoms with van der Waals surface area (Å²) < 4.78 is 12.9. The molecule has 0 aliphatic carbocycles. The van der Waals surface area contributed by atoms with Crippen LogP contribution in [0.25, 0.3) is 0 Å². The number of hydrogen-bond donors (Lipinski definition) is 1. The van der Waals surface area contributed by atoms with E-state index in [0.29, 0.717) is 5.82 Å². The number of nitrogens with one attached hydrogen (secondary N) is 1. The SMILES string of the molecule is Cc1cc(C)cc(Nc2cccc(F)n2)c1. The molecule has 0 saturated carbocycles. The molecule has 2 nitrogen and oxygen atoms in total. The topological polar surface area (TPSA) is 24.9 Å². The Bertz CT molecular complexity index is 489. The van der Waals surface area contributed by atoms with Gasteiger partial charge < -0.3 is 5.32 Å². The Labute approximate surface area is 94.2 Å². The van der Waals surface area contributed by atoms with Gasteiger partial charge in [0.15, 0.2) is 0 Å². The number of anilines is 2. The molecule has 16 heavy (non-hydrogen) atoms. The fourth-order valence-corrected chi connectivity index (χ4v) is 1.67. The number of pyridine rings is 1. The van der Waals surface area contributed by atoms with Crippen molar-refractivity contribution < 1.29 is 4.39 Å². The van der Waals surface area contributed by atoms with Gasteiger partial charge in [-0.15, -0.1) is 0 Å². The quantitative estimate of drug-likeness (QED) is 0.776. The van der Waals surface area contributed by atoms with Crippen molar-refractivity contribution in [3.05, 3.63) is 53.5 Å². The molecule has 3 heteroatoms. The van der Waals surface area contributed by atoms with Crippen molar-refractivity contribution in [2.24, 2.45) is 0 Å². The van der Waals surface area contributed by atoms with Gasteiger partial charge in [-0.1, -0.05) is 12.1 Å². The van der Waals surface area contributed by atoms with Gasteiger partial charge in [-0.2, -0.15) is 4.39 Å². The predicted molar refractivity (Wildman–Crippen MR) is 63.4 cm³/mol. The van der Waals surface area contributed by atoms with E-state index in [0.717, 1.165) is 5.69 Å². The second kappa shape index (κ2) is 4.31. The molecule has 0 unspecified atom stereocenters. The van der Waals surface area contributed by atoms with Crippen LogP contribution in [0.15, 0.2) is 36.4 Å². The van der Waals surface area contributed by atoms with E-state index >= 15 is 0 Å². The maximum atomic E-state index is 12.9. The molecule has 0 saturated heterocycles. The third kappa shape index (κ3) is 2.57. The number of nitrogens with zero attached hydrogens (tertiary/aromatic N) is 1. The van der Waals surface area contributed by atoms with Crippen LogP contribution in [-0.2, 0) is 0 Å². The lowest BCUT2D eigenvalue weighted by atomic mass is 10.1. The second-order valence-corrected chi connectivity index (χ2v) is 3.85. The number of benzene rings is 1. The van der Waals surface area contributed by atoms with E-state index in [1.807, 2.05) is 26.0 Å². The van der Waals surface area contributed by atoms with Crippen LogP contribution in [0.4, 0.5) is 15.9 Å².